The van der Waals surface area contributed by atoms with E-state index in [0.29, 0.717) is 11.5 Å². The Bertz CT molecular complexity index is 326. The summed E-state index contributed by atoms with van der Waals surface area (Å²) in [7, 11) is 0. The number of phenols is 2. The number of para-hydroxylation sites is 2. The molecule has 2 aromatic carbocycles. The van der Waals surface area contributed by atoms with Crippen LogP contribution in [-0.2, 0) is 27.0 Å². The summed E-state index contributed by atoms with van der Waals surface area (Å²) >= 11 is 0. The van der Waals surface area contributed by atoms with Gasteiger partial charge in [-0.25, -0.2) is 0 Å². The molecule has 0 aliphatic carbocycles. The molecule has 0 fully saturated rings. The van der Waals surface area contributed by atoms with E-state index in [4.69, 9.17) is 10.2 Å². The molecule has 0 unspecified atom stereocenters. The predicted molar refractivity (Wildman–Crippen MR) is 88.2 cm³/mol. The zero-order chi connectivity index (χ0) is 10.2. The number of hydrogen-bond donors (Lipinski definition) is 2. The Morgan fingerprint density at radius 2 is 0.684 bits per heavy atom. The van der Waals surface area contributed by atoms with Crippen LogP contribution in [-0.4, -0.2) is 123 Å². The van der Waals surface area contributed by atoms with Crippen LogP contribution >= 0.6 is 0 Å². The zero-order valence-corrected chi connectivity index (χ0v) is 18.9. The van der Waals surface area contributed by atoms with E-state index in [9.17, 15) is 0 Å². The molecule has 0 aromatic heterocycles. The van der Waals surface area contributed by atoms with Gasteiger partial charge in [0.1, 0.15) is 11.5 Å². The number of phenolic OH excluding ortho intramolecular Hbond substituents is 2. The smallest absolute Gasteiger partial charge is 2.00 e. The van der Waals surface area contributed by atoms with Gasteiger partial charge in [-0.1, -0.05) is 36.4 Å². The molecule has 0 bridgehead atoms. The molecule has 0 spiro atoms. The minimum Gasteiger partial charge on any atom is -2.00 e. The Kier molecular flexibility index (Phi) is 39.8. The van der Waals surface area contributed by atoms with E-state index in [-0.39, 0.29) is 140 Å². The van der Waals surface area contributed by atoms with Crippen molar-refractivity contribution in [1.82, 2.24) is 0 Å². The first-order valence-electron chi connectivity index (χ1n) is 4.27. The molecule has 7 heteroatoms. The van der Waals surface area contributed by atoms with Crippen molar-refractivity contribution >= 4 is 140 Å². The van der Waals surface area contributed by atoms with E-state index in [1.54, 1.807) is 48.5 Å². The molecule has 0 atom stereocenters. The van der Waals surface area contributed by atoms with Crippen LogP contribution in [0.5, 0.6) is 11.5 Å². The van der Waals surface area contributed by atoms with Crippen molar-refractivity contribution in [2.75, 3.05) is 0 Å². The number of rotatable bonds is 0. The van der Waals surface area contributed by atoms with Crippen LogP contribution in [0.2, 0.25) is 0 Å². The summed E-state index contributed by atoms with van der Waals surface area (Å²) in [6.45, 7) is 0. The first-order chi connectivity index (χ1) is 6.79. The first-order valence-corrected chi connectivity index (χ1v) is 4.27. The van der Waals surface area contributed by atoms with Crippen molar-refractivity contribution in [3.8, 4) is 11.5 Å². The molecular weight excluding hydrogens is 360 g/mol. The first kappa shape index (κ1) is 33.2. The predicted octanol–water partition coefficient (Wildman–Crippen LogP) is 1.64. The second-order valence-corrected chi connectivity index (χ2v) is 2.67. The maximum atomic E-state index is 8.63. The molecule has 0 radical (unpaired) electrons. The molecule has 19 heavy (non-hydrogen) atoms. The Balaban J connectivity index is -0.0000000544. The van der Waals surface area contributed by atoms with Crippen LogP contribution in [0.15, 0.2) is 60.7 Å². The molecule has 2 nitrogen and oxygen atoms in total. The van der Waals surface area contributed by atoms with E-state index in [2.05, 4.69) is 0 Å². The van der Waals surface area contributed by atoms with Gasteiger partial charge in [-0.2, -0.15) is 0 Å². The molecule has 0 heterocycles. The number of benzene rings is 2. The molecule has 2 rings (SSSR count). The van der Waals surface area contributed by atoms with Gasteiger partial charge >= 0.3 is 113 Å². The summed E-state index contributed by atoms with van der Waals surface area (Å²) in [6.07, 6.45) is 0. The summed E-state index contributed by atoms with van der Waals surface area (Å²) in [5.74, 6) is 0.644. The molecule has 0 saturated carbocycles. The van der Waals surface area contributed by atoms with Gasteiger partial charge in [0.05, 0.1) is 0 Å². The van der Waals surface area contributed by atoms with Crippen molar-refractivity contribution < 1.29 is 10.2 Å². The van der Waals surface area contributed by atoms with Gasteiger partial charge in [-0.3, -0.25) is 0 Å². The summed E-state index contributed by atoms with van der Waals surface area (Å²) in [4.78, 5) is 0. The van der Waals surface area contributed by atoms with Crippen LogP contribution in [0, 0.1) is 0 Å². The minimum absolute atomic E-state index is 0. The summed E-state index contributed by atoms with van der Waals surface area (Å²) in [5.41, 5.74) is 0. The van der Waals surface area contributed by atoms with Crippen molar-refractivity contribution in [3.63, 3.8) is 0 Å². The average molecular weight is 373 g/mol. The van der Waals surface area contributed by atoms with E-state index < -0.39 is 0 Å². The second-order valence-electron chi connectivity index (χ2n) is 2.67. The largest absolute Gasteiger partial charge is 2.00 e. The van der Waals surface area contributed by atoms with Gasteiger partial charge in [0.25, 0.3) is 0 Å². The molecule has 0 aliphatic rings. The second kappa shape index (κ2) is 22.8. The van der Waals surface area contributed by atoms with Gasteiger partial charge in [0, 0.05) is 0 Å². The Morgan fingerprint density at radius 1 is 0.474 bits per heavy atom. The third-order valence-corrected chi connectivity index (χ3v) is 1.51. The summed E-state index contributed by atoms with van der Waals surface area (Å²) < 4.78 is 0. The molecule has 0 amide bonds. The molecule has 88 valence electrons. The van der Waals surface area contributed by atoms with E-state index in [1.807, 2.05) is 12.1 Å². The van der Waals surface area contributed by atoms with Gasteiger partial charge < -0.3 is 37.2 Å². The fraction of sp³-hybridized carbons (Fsp3) is 0. The van der Waals surface area contributed by atoms with Crippen LogP contribution < -0.4 is 0 Å². The van der Waals surface area contributed by atoms with E-state index >= 15 is 0 Å². The van der Waals surface area contributed by atoms with E-state index in [1.165, 1.54) is 0 Å². The average Bonchev–Trinajstić information content (AvgIpc) is 2.21. The molecule has 0 saturated heterocycles. The van der Waals surface area contributed by atoms with Crippen LogP contribution in [0.3, 0.4) is 0 Å². The van der Waals surface area contributed by atoms with Crippen LogP contribution in [0.1, 0.15) is 0 Å². The minimum atomic E-state index is 0. The third-order valence-electron chi connectivity index (χ3n) is 1.51. The number of aromatic hydroxyl groups is 2. The van der Waals surface area contributed by atoms with E-state index in [0.717, 1.165) is 0 Å². The molecule has 2 N–H and O–H groups in total. The van der Waals surface area contributed by atoms with Crippen LogP contribution in [0.25, 0.3) is 0 Å². The Morgan fingerprint density at radius 3 is 0.789 bits per heavy atom. The molecule has 2 aromatic rings. The van der Waals surface area contributed by atoms with Gasteiger partial charge in [-0.15, -0.1) is 0 Å². The van der Waals surface area contributed by atoms with Gasteiger partial charge in [0.2, 0.25) is 0 Å². The fourth-order valence-electron chi connectivity index (χ4n) is 0.856. The van der Waals surface area contributed by atoms with Gasteiger partial charge in [0.15, 0.2) is 0 Å². The molecular formula is C12H12Ca3O2S2+2. The standard InChI is InChI=1S/2C6H6O.3Ca.2S/c2*7-6-4-2-1-3-5-6;;;;;/h2*1-5,7H;;;;;/q;;3*+2;2*-2. The monoisotopic (exact) mass is 372 g/mol. The van der Waals surface area contributed by atoms with Crippen molar-refractivity contribution in [2.24, 2.45) is 0 Å². The van der Waals surface area contributed by atoms with Crippen molar-refractivity contribution in [1.29, 1.82) is 0 Å². The zero-order valence-electron chi connectivity index (χ0n) is 10.6. The summed E-state index contributed by atoms with van der Waals surface area (Å²) in [5, 5.41) is 17.3. The SMILES string of the molecule is Oc1ccccc1.Oc1ccccc1.[Ca+2].[Ca+2].[Ca+2].[S-2].[S-2]. The number of hydrogen-bond acceptors (Lipinski definition) is 2. The Hall–Kier alpha value is 2.52. The van der Waals surface area contributed by atoms with Crippen molar-refractivity contribution in [2.45, 2.75) is 0 Å². The third kappa shape index (κ3) is 20.5. The Labute approximate surface area is 218 Å². The normalized spacial score (nSPS) is 6.32. The maximum Gasteiger partial charge on any atom is 2.00 e. The topological polar surface area (TPSA) is 40.5 Å². The quantitative estimate of drug-likeness (QED) is 0.690. The van der Waals surface area contributed by atoms with Crippen LogP contribution in [0.4, 0.5) is 0 Å². The fourth-order valence-corrected chi connectivity index (χ4v) is 0.856. The van der Waals surface area contributed by atoms with Crippen molar-refractivity contribution in [3.05, 3.63) is 60.7 Å². The molecule has 0 aliphatic heterocycles. The maximum absolute atomic E-state index is 8.63. The van der Waals surface area contributed by atoms with Gasteiger partial charge in [-0.05, 0) is 24.3 Å². The summed E-state index contributed by atoms with van der Waals surface area (Å²) in [6, 6.07) is 17.4.